The van der Waals surface area contributed by atoms with Crippen molar-refractivity contribution in [2.24, 2.45) is 0 Å². The van der Waals surface area contributed by atoms with E-state index < -0.39 is 0 Å². The van der Waals surface area contributed by atoms with Crippen LogP contribution in [0, 0.1) is 0 Å². The van der Waals surface area contributed by atoms with Crippen LogP contribution in [-0.4, -0.2) is 54.0 Å². The number of hydrogen-bond donors (Lipinski definition) is 2. The van der Waals surface area contributed by atoms with Gasteiger partial charge in [0.25, 0.3) is 5.56 Å². The van der Waals surface area contributed by atoms with Gasteiger partial charge in [-0.25, -0.2) is 19.6 Å². The zero-order valence-corrected chi connectivity index (χ0v) is 14.7. The van der Waals surface area contributed by atoms with Crippen LogP contribution in [0.25, 0.3) is 22.4 Å². The number of nitrogens with one attached hydrogen (secondary N) is 2. The molecule has 1 aliphatic rings. The Labute approximate surface area is 158 Å². The van der Waals surface area contributed by atoms with E-state index in [1.165, 1.54) is 17.1 Å². The molecule has 2 atom stereocenters. The third kappa shape index (κ3) is 2.89. The monoisotopic (exact) mass is 376 g/mol. The van der Waals surface area contributed by atoms with Crippen molar-refractivity contribution in [1.29, 1.82) is 0 Å². The van der Waals surface area contributed by atoms with Gasteiger partial charge in [0.2, 0.25) is 0 Å². The molecule has 2 N–H and O–H groups in total. The van der Waals surface area contributed by atoms with Crippen LogP contribution in [0.2, 0.25) is 0 Å². The summed E-state index contributed by atoms with van der Waals surface area (Å²) in [5.41, 5.74) is 2.68. The third-order valence-electron chi connectivity index (χ3n) is 4.71. The number of ether oxygens (including phenoxy) is 1. The first-order valence-corrected chi connectivity index (χ1v) is 8.78. The molecule has 140 valence electrons. The van der Waals surface area contributed by atoms with E-state index in [0.29, 0.717) is 35.9 Å². The molecule has 4 aromatic heterocycles. The number of aromatic amines is 1. The second kappa shape index (κ2) is 6.82. The number of H-pyrrole nitrogens is 1. The summed E-state index contributed by atoms with van der Waals surface area (Å²) in [5.74, 6) is 0.612. The van der Waals surface area contributed by atoms with Crippen molar-refractivity contribution in [1.82, 2.24) is 34.7 Å². The lowest BCUT2D eigenvalue weighted by Crippen LogP contribution is -2.37. The fourth-order valence-electron chi connectivity index (χ4n) is 3.31. The Balaban J connectivity index is 1.49. The fraction of sp³-hybridized carbons (Fsp3) is 0.222. The van der Waals surface area contributed by atoms with E-state index in [1.807, 2.05) is 12.1 Å². The van der Waals surface area contributed by atoms with Gasteiger partial charge in [0.15, 0.2) is 11.5 Å². The quantitative estimate of drug-likeness (QED) is 0.541. The van der Waals surface area contributed by atoms with E-state index in [2.05, 4.69) is 35.3 Å². The number of pyridine rings is 1. The molecule has 0 saturated carbocycles. The second-order valence-electron chi connectivity index (χ2n) is 6.42. The molecular weight excluding hydrogens is 360 g/mol. The summed E-state index contributed by atoms with van der Waals surface area (Å²) < 4.78 is 7.13. The summed E-state index contributed by atoms with van der Waals surface area (Å²) in [6.07, 6.45) is 6.41. The van der Waals surface area contributed by atoms with Gasteiger partial charge in [0.05, 0.1) is 31.3 Å². The predicted molar refractivity (Wildman–Crippen MR) is 101 cm³/mol. The van der Waals surface area contributed by atoms with Gasteiger partial charge in [0, 0.05) is 24.0 Å². The zero-order valence-electron chi connectivity index (χ0n) is 14.7. The Kier molecular flexibility index (Phi) is 4.02. The number of hydrogen-bond acceptors (Lipinski definition) is 8. The van der Waals surface area contributed by atoms with E-state index in [9.17, 15) is 4.79 Å². The predicted octanol–water partition coefficient (Wildman–Crippen LogP) is 1.02. The van der Waals surface area contributed by atoms with Crippen molar-refractivity contribution in [3.8, 4) is 11.3 Å². The minimum absolute atomic E-state index is 0.181. The van der Waals surface area contributed by atoms with E-state index in [1.54, 1.807) is 24.8 Å². The highest BCUT2D eigenvalue weighted by atomic mass is 16.5. The van der Waals surface area contributed by atoms with E-state index in [-0.39, 0.29) is 17.6 Å². The number of fused-ring (bicyclic) bond motifs is 1. The SMILES string of the molecule is O=c1ccc(-c2ccncc2)nn1C1COCC1Nc1ncnc2nc[nH]c12. The molecule has 0 aromatic carbocycles. The number of anilines is 1. The number of rotatable bonds is 4. The molecular formula is C18H16N8O2. The molecule has 0 radical (unpaired) electrons. The number of nitrogens with zero attached hydrogens (tertiary/aromatic N) is 6. The van der Waals surface area contributed by atoms with Crippen LogP contribution < -0.4 is 10.9 Å². The maximum atomic E-state index is 12.5. The summed E-state index contributed by atoms with van der Waals surface area (Å²) in [4.78, 5) is 32.1. The highest BCUT2D eigenvalue weighted by Gasteiger charge is 2.32. The number of imidazole rings is 1. The van der Waals surface area contributed by atoms with Gasteiger partial charge in [0.1, 0.15) is 17.9 Å². The van der Waals surface area contributed by atoms with E-state index >= 15 is 0 Å². The molecule has 0 bridgehead atoms. The van der Waals surface area contributed by atoms with E-state index in [0.717, 1.165) is 5.56 Å². The first-order chi connectivity index (χ1) is 13.8. The molecule has 10 nitrogen and oxygen atoms in total. The zero-order chi connectivity index (χ0) is 18.9. The first kappa shape index (κ1) is 16.5. The highest BCUT2D eigenvalue weighted by molar-refractivity contribution is 5.82. The Morgan fingerprint density at radius 3 is 2.89 bits per heavy atom. The van der Waals surface area contributed by atoms with Gasteiger partial charge in [-0.1, -0.05) is 0 Å². The summed E-state index contributed by atoms with van der Waals surface area (Å²) in [6.45, 7) is 0.805. The average Bonchev–Trinajstić information content (AvgIpc) is 3.39. The van der Waals surface area contributed by atoms with Crippen molar-refractivity contribution >= 4 is 17.0 Å². The van der Waals surface area contributed by atoms with Crippen LogP contribution in [0.15, 0.2) is 54.1 Å². The fourth-order valence-corrected chi connectivity index (χ4v) is 3.31. The van der Waals surface area contributed by atoms with Gasteiger partial charge in [-0.05, 0) is 18.2 Å². The van der Waals surface area contributed by atoms with Crippen LogP contribution >= 0.6 is 0 Å². The normalized spacial score (nSPS) is 19.1. The molecule has 5 heterocycles. The third-order valence-corrected chi connectivity index (χ3v) is 4.71. The molecule has 0 aliphatic carbocycles. The van der Waals surface area contributed by atoms with Crippen LogP contribution in [-0.2, 0) is 4.74 Å². The lowest BCUT2D eigenvalue weighted by molar-refractivity contribution is 0.183. The molecule has 5 rings (SSSR count). The van der Waals surface area contributed by atoms with Crippen molar-refractivity contribution in [2.45, 2.75) is 12.1 Å². The molecule has 0 spiro atoms. The summed E-state index contributed by atoms with van der Waals surface area (Å²) in [7, 11) is 0. The Bertz CT molecular complexity index is 1170. The molecule has 0 amide bonds. The Morgan fingerprint density at radius 2 is 2.00 bits per heavy atom. The van der Waals surface area contributed by atoms with E-state index in [4.69, 9.17) is 4.74 Å². The van der Waals surface area contributed by atoms with Gasteiger partial charge < -0.3 is 15.0 Å². The van der Waals surface area contributed by atoms with Crippen molar-refractivity contribution in [2.75, 3.05) is 18.5 Å². The van der Waals surface area contributed by atoms with Crippen molar-refractivity contribution < 1.29 is 4.74 Å². The molecule has 1 aliphatic heterocycles. The maximum Gasteiger partial charge on any atom is 0.267 e. The second-order valence-corrected chi connectivity index (χ2v) is 6.42. The van der Waals surface area contributed by atoms with Gasteiger partial charge in [-0.2, -0.15) is 5.10 Å². The number of aromatic nitrogens is 7. The van der Waals surface area contributed by atoms with Gasteiger partial charge in [-0.15, -0.1) is 0 Å². The summed E-state index contributed by atoms with van der Waals surface area (Å²) >= 11 is 0. The smallest absolute Gasteiger partial charge is 0.267 e. The largest absolute Gasteiger partial charge is 0.377 e. The Hall–Kier alpha value is -3.66. The lowest BCUT2D eigenvalue weighted by atomic mass is 10.1. The van der Waals surface area contributed by atoms with Crippen LogP contribution in [0.3, 0.4) is 0 Å². The standard InChI is InChI=1S/C18H16N8O2/c27-15-2-1-12(11-3-5-19-6-4-11)25-26(15)14-8-28-7-13(14)24-18-16-17(21-9-20-16)22-10-23-18/h1-6,9-10,13-14H,7-8H2,(H2,20,21,22,23,24). The van der Waals surface area contributed by atoms with Gasteiger partial charge >= 0.3 is 0 Å². The highest BCUT2D eigenvalue weighted by Crippen LogP contribution is 2.24. The minimum atomic E-state index is -0.276. The van der Waals surface area contributed by atoms with Gasteiger partial charge in [-0.3, -0.25) is 9.78 Å². The Morgan fingerprint density at radius 1 is 1.11 bits per heavy atom. The first-order valence-electron chi connectivity index (χ1n) is 8.78. The topological polar surface area (TPSA) is 124 Å². The van der Waals surface area contributed by atoms with Crippen LogP contribution in [0.4, 0.5) is 5.82 Å². The van der Waals surface area contributed by atoms with Crippen LogP contribution in [0.5, 0.6) is 0 Å². The molecule has 1 saturated heterocycles. The minimum Gasteiger partial charge on any atom is -0.377 e. The summed E-state index contributed by atoms with van der Waals surface area (Å²) in [5, 5.41) is 7.92. The molecule has 1 fully saturated rings. The summed E-state index contributed by atoms with van der Waals surface area (Å²) in [6, 6.07) is 6.49. The van der Waals surface area contributed by atoms with Crippen LogP contribution in [0.1, 0.15) is 6.04 Å². The van der Waals surface area contributed by atoms with Crippen molar-refractivity contribution in [3.05, 3.63) is 59.7 Å². The maximum absolute atomic E-state index is 12.5. The lowest BCUT2D eigenvalue weighted by Gasteiger charge is -2.21. The molecule has 10 heteroatoms. The molecule has 2 unspecified atom stereocenters. The van der Waals surface area contributed by atoms with Crippen molar-refractivity contribution in [3.63, 3.8) is 0 Å². The molecule has 28 heavy (non-hydrogen) atoms. The molecule has 4 aromatic rings. The average molecular weight is 376 g/mol.